The summed E-state index contributed by atoms with van der Waals surface area (Å²) in [6, 6.07) is 18.3. The van der Waals surface area contributed by atoms with Crippen LogP contribution in [0.3, 0.4) is 0 Å². The van der Waals surface area contributed by atoms with Gasteiger partial charge in [0.1, 0.15) is 17.2 Å². The Kier molecular flexibility index (Phi) is 26.2. The molecule has 2 saturated heterocycles. The lowest BCUT2D eigenvalue weighted by Gasteiger charge is -2.44. The Bertz CT molecular complexity index is 3830. The van der Waals surface area contributed by atoms with Gasteiger partial charge in [0.25, 0.3) is 11.8 Å². The number of aromatic amines is 2. The third-order valence-electron chi connectivity index (χ3n) is 16.4. The van der Waals surface area contributed by atoms with Gasteiger partial charge in [0, 0.05) is 105 Å². The number of unbranched alkanes of at least 4 members (excludes halogenated alkanes) is 3. The lowest BCUT2D eigenvalue weighted by Crippen LogP contribution is -2.55. The van der Waals surface area contributed by atoms with Gasteiger partial charge in [-0.15, -0.1) is 0 Å². The van der Waals surface area contributed by atoms with Crippen molar-refractivity contribution in [3.8, 4) is 22.3 Å². The maximum absolute atomic E-state index is 15.4. The number of ketones is 1. The number of rotatable bonds is 19. The molecule has 0 spiro atoms. The normalized spacial score (nSPS) is 16.9. The molecule has 0 aliphatic carbocycles. The molecular formula is C68H83F8N11O9. The Morgan fingerprint density at radius 1 is 0.573 bits per heavy atom. The zero-order valence-electron chi connectivity index (χ0n) is 54.9. The minimum atomic E-state index is -4.96. The number of aromatic nitrogens is 2. The van der Waals surface area contributed by atoms with Crippen molar-refractivity contribution in [2.75, 3.05) is 80.3 Å². The number of nitrogens with zero attached hydrogens (tertiary/aromatic N) is 4. The van der Waals surface area contributed by atoms with E-state index in [-0.39, 0.29) is 81.7 Å². The van der Waals surface area contributed by atoms with E-state index in [9.17, 15) is 64.3 Å². The average Bonchev–Trinajstić information content (AvgIpc) is 0.792. The molecular weight excluding hydrogens is 1270 g/mol. The van der Waals surface area contributed by atoms with Crippen LogP contribution in [0.15, 0.2) is 107 Å². The predicted octanol–water partition coefficient (Wildman–Crippen LogP) is 11.6. The van der Waals surface area contributed by atoms with Gasteiger partial charge in [0.05, 0.1) is 50.6 Å². The molecule has 520 valence electrons. The number of hydrogen-bond donors (Lipinski definition) is 8. The van der Waals surface area contributed by atoms with Crippen LogP contribution in [0.25, 0.3) is 22.3 Å². The van der Waals surface area contributed by atoms with E-state index in [0.717, 1.165) is 37.9 Å². The number of carbonyl (C=O) groups is 5. The van der Waals surface area contributed by atoms with Gasteiger partial charge in [0.15, 0.2) is 5.78 Å². The fraction of sp³-hybridized carbons (Fsp3) is 0.426. The number of nitrogens with one attached hydrogen (secondary N) is 5. The number of aromatic carboxylic acids is 1. The van der Waals surface area contributed by atoms with Crippen molar-refractivity contribution in [2.45, 2.75) is 129 Å². The summed E-state index contributed by atoms with van der Waals surface area (Å²) < 4.78 is 117. The summed E-state index contributed by atoms with van der Waals surface area (Å²) in [5.74, 6) is -5.16. The number of carboxylic acid groups (broad SMARTS) is 1. The number of Topliss-reactive ketones (excluding diaryl/α,β-unsaturated/α-hetero) is 1. The highest BCUT2D eigenvalue weighted by atomic mass is 19.4. The molecule has 6 aromatic rings. The Balaban J connectivity index is 0.000000258. The number of alkyl halides is 6. The fourth-order valence-corrected chi connectivity index (χ4v) is 10.9. The van der Waals surface area contributed by atoms with Crippen LogP contribution in [0, 0.1) is 11.6 Å². The summed E-state index contributed by atoms with van der Waals surface area (Å²) in [4.78, 5) is 97.1. The lowest BCUT2D eigenvalue weighted by atomic mass is 9.98. The van der Waals surface area contributed by atoms with E-state index in [0.29, 0.717) is 87.5 Å². The highest BCUT2D eigenvalue weighted by Crippen LogP contribution is 2.39. The Labute approximate surface area is 550 Å². The number of nitrogens with two attached hydrogens (primary N) is 2. The number of halogens is 8. The minimum absolute atomic E-state index is 0.0437. The largest absolute Gasteiger partial charge is 0.478 e. The molecule has 0 unspecified atom stereocenters. The number of hydrogen-bond acceptors (Lipinski definition) is 14. The van der Waals surface area contributed by atoms with Crippen LogP contribution < -0.4 is 48.3 Å². The summed E-state index contributed by atoms with van der Waals surface area (Å²) >= 11 is 0. The number of piperazine rings is 2. The molecule has 3 amide bonds. The van der Waals surface area contributed by atoms with Crippen LogP contribution in [-0.2, 0) is 17.1 Å². The van der Waals surface area contributed by atoms with E-state index < -0.39 is 80.7 Å². The average molecular weight is 1350 g/mol. The van der Waals surface area contributed by atoms with Crippen molar-refractivity contribution in [1.82, 2.24) is 25.1 Å². The monoisotopic (exact) mass is 1350 g/mol. The number of benzene rings is 4. The van der Waals surface area contributed by atoms with Crippen LogP contribution in [0.2, 0.25) is 0 Å². The van der Waals surface area contributed by atoms with Gasteiger partial charge in [0.2, 0.25) is 11.1 Å². The molecule has 2 aromatic heterocycles. The number of carbonyl (C=O) groups excluding carboxylic acids is 4. The molecule has 4 atom stereocenters. The molecule has 20 nitrogen and oxygen atoms in total. The molecule has 4 heterocycles. The van der Waals surface area contributed by atoms with Crippen molar-refractivity contribution in [1.29, 1.82) is 0 Å². The van der Waals surface area contributed by atoms with Gasteiger partial charge in [-0.3, -0.25) is 33.8 Å². The van der Waals surface area contributed by atoms with Crippen molar-refractivity contribution < 1.29 is 68.9 Å². The van der Waals surface area contributed by atoms with Crippen molar-refractivity contribution >= 4 is 52.4 Å². The molecule has 0 saturated carbocycles. The van der Waals surface area contributed by atoms with E-state index in [1.165, 1.54) is 42.5 Å². The predicted molar refractivity (Wildman–Crippen MR) is 353 cm³/mol. The molecule has 0 radical (unpaired) electrons. The number of likely N-dealkylation sites (N-methyl/N-ethyl adjacent to an activating group) is 2. The van der Waals surface area contributed by atoms with Crippen LogP contribution in [0.5, 0.6) is 0 Å². The van der Waals surface area contributed by atoms with Crippen LogP contribution in [0.1, 0.15) is 140 Å². The molecule has 10 N–H and O–H groups in total. The molecule has 2 fully saturated rings. The zero-order valence-corrected chi connectivity index (χ0v) is 54.9. The van der Waals surface area contributed by atoms with Crippen LogP contribution in [-0.4, -0.2) is 144 Å². The van der Waals surface area contributed by atoms with Crippen LogP contribution in [0.4, 0.5) is 62.7 Å². The topological polar surface area (TPSA) is 282 Å². The van der Waals surface area contributed by atoms with Gasteiger partial charge in [-0.2, -0.15) is 26.3 Å². The van der Waals surface area contributed by atoms with E-state index in [4.69, 9.17) is 21.3 Å². The first-order chi connectivity index (χ1) is 45.0. The summed E-state index contributed by atoms with van der Waals surface area (Å²) in [5, 5.41) is 16.9. The Morgan fingerprint density at radius 2 is 0.979 bits per heavy atom. The highest BCUT2D eigenvalue weighted by Gasteiger charge is 2.38. The summed E-state index contributed by atoms with van der Waals surface area (Å²) in [6.07, 6.45) is -4.46. The second-order valence-corrected chi connectivity index (χ2v) is 24.8. The number of alkyl carbamates (subject to hydrolysis) is 1. The first kappa shape index (κ1) is 76.0. The number of ether oxygens (including phenoxy) is 1. The number of pyridine rings is 2. The number of anilines is 4. The van der Waals surface area contributed by atoms with E-state index >= 15 is 4.39 Å². The fourth-order valence-electron chi connectivity index (χ4n) is 10.9. The van der Waals surface area contributed by atoms with E-state index in [2.05, 4.69) is 35.7 Å². The second kappa shape index (κ2) is 33.1. The first-order valence-electron chi connectivity index (χ1n) is 31.2. The van der Waals surface area contributed by atoms with Gasteiger partial charge in [-0.1, -0.05) is 36.8 Å². The molecule has 0 bridgehead atoms. The van der Waals surface area contributed by atoms with Crippen molar-refractivity contribution in [3.63, 3.8) is 0 Å². The summed E-state index contributed by atoms with van der Waals surface area (Å²) in [7, 11) is 3.99. The highest BCUT2D eigenvalue weighted by molar-refractivity contribution is 6.08. The second-order valence-electron chi connectivity index (χ2n) is 24.8. The van der Waals surface area contributed by atoms with Gasteiger partial charge < -0.3 is 57.0 Å². The Morgan fingerprint density at radius 3 is 1.36 bits per heavy atom. The summed E-state index contributed by atoms with van der Waals surface area (Å²) in [5.41, 5.74) is 6.27. The molecule has 4 aromatic carbocycles. The maximum atomic E-state index is 15.4. The van der Waals surface area contributed by atoms with E-state index in [1.807, 2.05) is 72.4 Å². The number of H-pyrrole nitrogens is 2. The lowest BCUT2D eigenvalue weighted by molar-refractivity contribution is -0.138. The van der Waals surface area contributed by atoms with E-state index in [1.54, 1.807) is 24.3 Å². The Hall–Kier alpha value is -8.99. The van der Waals surface area contributed by atoms with Gasteiger partial charge in [-0.05, 0) is 155 Å². The molecule has 2 aliphatic heterocycles. The maximum Gasteiger partial charge on any atom is 0.417 e. The number of carboxylic acids is 1. The van der Waals surface area contributed by atoms with Gasteiger partial charge >= 0.3 is 24.4 Å². The van der Waals surface area contributed by atoms with Crippen LogP contribution >= 0.6 is 0 Å². The zero-order chi connectivity index (χ0) is 71.1. The van der Waals surface area contributed by atoms with Crippen molar-refractivity contribution in [2.24, 2.45) is 11.5 Å². The smallest absolute Gasteiger partial charge is 0.417 e. The molecule has 8 rings (SSSR count). The van der Waals surface area contributed by atoms with Crippen molar-refractivity contribution in [3.05, 3.63) is 163 Å². The number of amides is 3. The molecule has 28 heteroatoms. The molecule has 2 aliphatic rings. The quantitative estimate of drug-likeness (QED) is 0.0213. The first-order valence-corrected chi connectivity index (χ1v) is 31.2. The van der Waals surface area contributed by atoms with Gasteiger partial charge in [-0.25, -0.2) is 18.4 Å². The third-order valence-corrected chi connectivity index (χ3v) is 16.4. The summed E-state index contributed by atoms with van der Waals surface area (Å²) in [6.45, 7) is 17.7. The molecule has 96 heavy (non-hydrogen) atoms. The standard InChI is InChI=1S/C32H37F4N5O3.C27H26F4N4O4.C9H20N2O2/c1-19-17-41(18-20(2)40(19)3)28-11-9-21(23-10-8-22(13-26(23)33)29(42)7-5-4-6-12-37)14-27(28)39-31(44)24-16-38-30(43)15-25(24)32(34,35)36;1-14-12-35(13-15(2)34(14)3)23-7-5-16(18-6-4-17(26(38)39)8-21(18)28)9-22(23)33-25(37)19-11-32-24(36)10-20(19)27(29,30)31;1-9(2,3)13-8(12)11-7-5-4-6-10/h8-11,13-16,19-20H,4-7,12,17-18,37H2,1-3H3,(H,38,43)(H,39,44);4-11,14-15H,12-13H2,1-3H3,(H,32,36)(H,33,37)(H,38,39);4-7,10H2,1-3H3,(H,11,12)/t19-,20+;14-,15+;. The SMILES string of the molecule is CC(C)(C)OC(=O)NCCCCN.C[C@@H]1CN(c2ccc(-c3ccc(C(=O)CCCCCN)cc3F)cc2NC(=O)c2c[nH]c(=O)cc2C(F)(F)F)C[C@H](C)N1C.C[C@@H]1CN(c2ccc(-c3ccc(C(=O)O)cc3F)cc2NC(=O)c2c[nH]c(=O)cc2C(F)(F)F)C[C@H](C)N1C. The minimum Gasteiger partial charge on any atom is -0.478 e. The third kappa shape index (κ3) is 20.8.